The molecule has 0 aliphatic carbocycles. The van der Waals surface area contributed by atoms with Gasteiger partial charge in [-0.3, -0.25) is 0 Å². The van der Waals surface area contributed by atoms with Crippen LogP contribution in [0.5, 0.6) is 0 Å². The summed E-state index contributed by atoms with van der Waals surface area (Å²) in [5, 5.41) is -0.200. The Labute approximate surface area is 85.2 Å². The summed E-state index contributed by atoms with van der Waals surface area (Å²) in [5.41, 5.74) is 0. The molecule has 0 aromatic rings. The zero-order valence-corrected chi connectivity index (χ0v) is 12.0. The van der Waals surface area contributed by atoms with E-state index in [2.05, 4.69) is 0 Å². The Bertz CT molecular complexity index is 235. The highest BCUT2D eigenvalue weighted by molar-refractivity contribution is 8.73. The van der Waals surface area contributed by atoms with Crippen molar-refractivity contribution in [2.24, 2.45) is 0 Å². The molecule has 80 valence electrons. The Balaban J connectivity index is 4.46. The quantitative estimate of drug-likeness (QED) is 0.697. The predicted molar refractivity (Wildman–Crippen MR) is 65.1 cm³/mol. The van der Waals surface area contributed by atoms with E-state index in [0.29, 0.717) is 0 Å². The third-order valence-electron chi connectivity index (χ3n) is 0.881. The SMILES string of the molecule is CC(C)(C)PS(=O)(=O)PC(C)(C)C. The van der Waals surface area contributed by atoms with E-state index >= 15 is 0 Å². The average Bonchev–Trinajstić information content (AvgIpc) is 1.43. The molecule has 0 aliphatic rings. The first-order valence-corrected chi connectivity index (χ1v) is 9.17. The first-order chi connectivity index (χ1) is 5.41. The van der Waals surface area contributed by atoms with E-state index in [9.17, 15) is 8.42 Å². The summed E-state index contributed by atoms with van der Waals surface area (Å²) >= 11 is 0. The minimum atomic E-state index is -2.84. The molecular weight excluding hydrogens is 222 g/mol. The summed E-state index contributed by atoms with van der Waals surface area (Å²) in [5.74, 6) is 0. The minimum Gasteiger partial charge on any atom is -0.221 e. The molecule has 0 spiro atoms. The molecule has 2 unspecified atom stereocenters. The smallest absolute Gasteiger partial charge is 0.178 e. The van der Waals surface area contributed by atoms with E-state index in [-0.39, 0.29) is 25.9 Å². The lowest BCUT2D eigenvalue weighted by Crippen LogP contribution is -2.12. The average molecular weight is 242 g/mol. The van der Waals surface area contributed by atoms with Crippen molar-refractivity contribution in [1.82, 2.24) is 0 Å². The van der Waals surface area contributed by atoms with Crippen LogP contribution in [-0.2, 0) is 9.08 Å². The van der Waals surface area contributed by atoms with E-state index in [1.807, 2.05) is 41.5 Å². The number of hydrogen-bond acceptors (Lipinski definition) is 2. The van der Waals surface area contributed by atoms with Crippen molar-refractivity contribution in [3.8, 4) is 0 Å². The number of rotatable bonds is 2. The molecule has 0 rings (SSSR count). The van der Waals surface area contributed by atoms with Gasteiger partial charge in [0.05, 0.1) is 0 Å². The summed E-state index contributed by atoms with van der Waals surface area (Å²) in [6.45, 7) is 11.8. The summed E-state index contributed by atoms with van der Waals surface area (Å²) < 4.78 is 23.4. The highest BCUT2D eigenvalue weighted by atomic mass is 33.1. The number of hydrogen-bond donors (Lipinski definition) is 0. The topological polar surface area (TPSA) is 34.1 Å². The molecule has 0 aromatic heterocycles. The summed E-state index contributed by atoms with van der Waals surface area (Å²) in [4.78, 5) is 0. The van der Waals surface area contributed by atoms with Crippen LogP contribution < -0.4 is 0 Å². The maximum atomic E-state index is 11.7. The van der Waals surface area contributed by atoms with Gasteiger partial charge in [-0.15, -0.1) is 0 Å². The second-order valence-electron chi connectivity index (χ2n) is 5.21. The highest BCUT2D eigenvalue weighted by Gasteiger charge is 2.26. The van der Waals surface area contributed by atoms with Crippen LogP contribution >= 0.6 is 15.6 Å². The molecule has 0 aliphatic heterocycles. The van der Waals surface area contributed by atoms with E-state index in [4.69, 9.17) is 0 Å². The van der Waals surface area contributed by atoms with Gasteiger partial charge in [0.1, 0.15) is 0 Å². The van der Waals surface area contributed by atoms with Gasteiger partial charge in [0.25, 0.3) is 0 Å². The molecule has 0 saturated heterocycles. The van der Waals surface area contributed by atoms with Crippen LogP contribution in [0.3, 0.4) is 0 Å². The minimum absolute atomic E-state index is 0.0264. The lowest BCUT2D eigenvalue weighted by molar-refractivity contribution is 0.620. The van der Waals surface area contributed by atoms with Gasteiger partial charge >= 0.3 is 0 Å². The fourth-order valence-electron chi connectivity index (χ4n) is 0.832. The van der Waals surface area contributed by atoms with Crippen molar-refractivity contribution in [3.63, 3.8) is 0 Å². The maximum Gasteiger partial charge on any atom is 0.178 e. The van der Waals surface area contributed by atoms with Gasteiger partial charge in [0.15, 0.2) is 9.08 Å². The largest absolute Gasteiger partial charge is 0.221 e. The van der Waals surface area contributed by atoms with E-state index < -0.39 is 9.08 Å². The van der Waals surface area contributed by atoms with Crippen LogP contribution in [-0.4, -0.2) is 18.7 Å². The first kappa shape index (κ1) is 13.8. The summed E-state index contributed by atoms with van der Waals surface area (Å²) in [6, 6.07) is 0. The second-order valence-corrected chi connectivity index (χ2v) is 15.3. The van der Waals surface area contributed by atoms with Gasteiger partial charge < -0.3 is 0 Å². The Morgan fingerprint density at radius 1 is 0.769 bits per heavy atom. The van der Waals surface area contributed by atoms with Gasteiger partial charge in [-0.25, -0.2) is 8.42 Å². The molecule has 2 nitrogen and oxygen atoms in total. The zero-order valence-electron chi connectivity index (χ0n) is 9.22. The van der Waals surface area contributed by atoms with Crippen molar-refractivity contribution in [2.75, 3.05) is 0 Å². The molecule has 13 heavy (non-hydrogen) atoms. The van der Waals surface area contributed by atoms with Crippen LogP contribution in [0, 0.1) is 0 Å². The fourth-order valence-corrected chi connectivity index (χ4v) is 13.5. The molecule has 2 atom stereocenters. The van der Waals surface area contributed by atoms with Crippen molar-refractivity contribution in [3.05, 3.63) is 0 Å². The van der Waals surface area contributed by atoms with Gasteiger partial charge in [0.2, 0.25) is 0 Å². The molecule has 0 fully saturated rings. The third-order valence-corrected chi connectivity index (χ3v) is 9.77. The van der Waals surface area contributed by atoms with Gasteiger partial charge in [-0.05, 0) is 10.3 Å². The van der Waals surface area contributed by atoms with E-state index in [0.717, 1.165) is 0 Å². The Kier molecular flexibility index (Phi) is 4.38. The molecular formula is C8H20O2P2S. The lowest BCUT2D eigenvalue weighted by Gasteiger charge is -2.22. The monoisotopic (exact) mass is 242 g/mol. The molecule has 0 N–H and O–H groups in total. The highest BCUT2D eigenvalue weighted by Crippen LogP contribution is 2.50. The van der Waals surface area contributed by atoms with Crippen molar-refractivity contribution < 1.29 is 8.42 Å². The molecule has 0 bridgehead atoms. The van der Waals surface area contributed by atoms with Gasteiger partial charge in [-0.1, -0.05) is 41.5 Å². The van der Waals surface area contributed by atoms with E-state index in [1.165, 1.54) is 0 Å². The predicted octanol–water partition coefficient (Wildman–Crippen LogP) is 3.19. The van der Waals surface area contributed by atoms with Crippen molar-refractivity contribution in [1.29, 1.82) is 0 Å². The molecule has 0 aromatic carbocycles. The zero-order chi connectivity index (χ0) is 10.9. The molecule has 0 radical (unpaired) electrons. The normalized spacial score (nSPS) is 16.5. The van der Waals surface area contributed by atoms with Crippen LogP contribution in [0.1, 0.15) is 41.5 Å². The lowest BCUT2D eigenvalue weighted by atomic mass is 10.3. The standard InChI is InChI=1S/C8H20O2P2S/c1-7(2,3)11-13(9,10)12-8(4,5)6/h11-12H,1-6H3. The molecule has 0 amide bonds. The van der Waals surface area contributed by atoms with Crippen LogP contribution in [0.25, 0.3) is 0 Å². The Morgan fingerprint density at radius 3 is 1.15 bits per heavy atom. The molecule has 0 heterocycles. The Morgan fingerprint density at radius 2 is 1.00 bits per heavy atom. The third kappa shape index (κ3) is 9.12. The summed E-state index contributed by atoms with van der Waals surface area (Å²) in [6.07, 6.45) is 0. The van der Waals surface area contributed by atoms with Crippen LogP contribution in [0.15, 0.2) is 0 Å². The maximum absolute atomic E-state index is 11.7. The van der Waals surface area contributed by atoms with Crippen molar-refractivity contribution >= 4 is 24.6 Å². The second kappa shape index (κ2) is 4.13. The van der Waals surface area contributed by atoms with Crippen LogP contribution in [0.4, 0.5) is 0 Å². The van der Waals surface area contributed by atoms with Crippen molar-refractivity contribution in [2.45, 2.75) is 51.9 Å². The molecule has 5 heteroatoms. The van der Waals surface area contributed by atoms with Gasteiger partial charge in [-0.2, -0.15) is 0 Å². The molecule has 0 saturated carbocycles. The fraction of sp³-hybridized carbons (Fsp3) is 1.00. The van der Waals surface area contributed by atoms with E-state index in [1.54, 1.807) is 0 Å². The van der Waals surface area contributed by atoms with Gasteiger partial charge in [0, 0.05) is 15.6 Å². The van der Waals surface area contributed by atoms with Crippen LogP contribution in [0.2, 0.25) is 0 Å². The summed E-state index contributed by atoms with van der Waals surface area (Å²) in [7, 11) is -2.79. The Hall–Kier alpha value is 0.810. The first-order valence-electron chi connectivity index (χ1n) is 4.24.